The summed E-state index contributed by atoms with van der Waals surface area (Å²) in [6.07, 6.45) is 2.71. The minimum absolute atomic E-state index is 0.205. The van der Waals surface area contributed by atoms with E-state index in [0.29, 0.717) is 11.6 Å². The zero-order chi connectivity index (χ0) is 18.2. The van der Waals surface area contributed by atoms with Crippen molar-refractivity contribution in [2.24, 2.45) is 5.92 Å². The Balaban J connectivity index is 2.32. The van der Waals surface area contributed by atoms with Gasteiger partial charge in [-0.15, -0.1) is 0 Å². The summed E-state index contributed by atoms with van der Waals surface area (Å²) in [6.45, 7) is 5.73. The van der Waals surface area contributed by atoms with Crippen LogP contribution in [0.1, 0.15) is 53.8 Å². The van der Waals surface area contributed by atoms with Crippen LogP contribution in [0.3, 0.4) is 0 Å². The molecule has 25 heavy (non-hydrogen) atoms. The lowest BCUT2D eigenvalue weighted by atomic mass is 9.93. The molecule has 1 heterocycles. The molecule has 2 rings (SSSR count). The molecule has 1 aliphatic heterocycles. The standard InChI is InChI=1S/C19H27NO5/c1-3-24-18(22)15-6-5-7-16(17(15)19(23)25-4-2)20-11-8-14(9-12-20)10-13-21/h5-7,14,21H,3-4,8-13H2,1-2H3. The molecule has 1 aliphatic rings. The Bertz CT molecular complexity index is 593. The van der Waals surface area contributed by atoms with E-state index in [9.17, 15) is 9.59 Å². The molecule has 1 fully saturated rings. The van der Waals surface area contributed by atoms with Gasteiger partial charge >= 0.3 is 11.9 Å². The molecule has 0 unspecified atom stereocenters. The third-order valence-electron chi connectivity index (χ3n) is 4.51. The zero-order valence-corrected chi connectivity index (χ0v) is 15.0. The van der Waals surface area contributed by atoms with E-state index in [1.165, 1.54) is 0 Å². The second-order valence-corrected chi connectivity index (χ2v) is 6.08. The topological polar surface area (TPSA) is 76.1 Å². The maximum absolute atomic E-state index is 12.5. The van der Waals surface area contributed by atoms with Gasteiger partial charge in [0.1, 0.15) is 0 Å². The Morgan fingerprint density at radius 2 is 1.76 bits per heavy atom. The number of aliphatic hydroxyl groups is 1. The van der Waals surface area contributed by atoms with Crippen molar-refractivity contribution in [1.29, 1.82) is 0 Å². The molecular formula is C19H27NO5. The quantitative estimate of drug-likeness (QED) is 0.763. The second kappa shape index (κ2) is 9.42. The van der Waals surface area contributed by atoms with E-state index in [1.54, 1.807) is 26.0 Å². The Morgan fingerprint density at radius 3 is 2.36 bits per heavy atom. The van der Waals surface area contributed by atoms with Crippen LogP contribution >= 0.6 is 0 Å². The number of nitrogens with zero attached hydrogens (tertiary/aromatic N) is 1. The maximum Gasteiger partial charge on any atom is 0.341 e. The van der Waals surface area contributed by atoms with Crippen molar-refractivity contribution in [2.45, 2.75) is 33.1 Å². The van der Waals surface area contributed by atoms with Crippen molar-refractivity contribution in [2.75, 3.05) is 37.8 Å². The summed E-state index contributed by atoms with van der Waals surface area (Å²) in [5, 5.41) is 9.10. The summed E-state index contributed by atoms with van der Waals surface area (Å²) in [7, 11) is 0. The number of anilines is 1. The fourth-order valence-electron chi connectivity index (χ4n) is 3.25. The number of carbonyl (C=O) groups is 2. The second-order valence-electron chi connectivity index (χ2n) is 6.08. The van der Waals surface area contributed by atoms with Gasteiger partial charge in [-0.05, 0) is 51.2 Å². The number of hydrogen-bond acceptors (Lipinski definition) is 6. The van der Waals surface area contributed by atoms with Crippen LogP contribution in [0.4, 0.5) is 5.69 Å². The molecule has 1 aromatic rings. The summed E-state index contributed by atoms with van der Waals surface area (Å²) < 4.78 is 10.3. The van der Waals surface area contributed by atoms with E-state index in [4.69, 9.17) is 14.6 Å². The number of esters is 2. The molecule has 0 aromatic heterocycles. The van der Waals surface area contributed by atoms with E-state index in [0.717, 1.165) is 32.4 Å². The summed E-state index contributed by atoms with van der Waals surface area (Å²) in [6, 6.07) is 5.22. The van der Waals surface area contributed by atoms with Gasteiger partial charge in [-0.25, -0.2) is 9.59 Å². The smallest absolute Gasteiger partial charge is 0.341 e. The Kier molecular flexibility index (Phi) is 7.25. The molecule has 1 N–H and O–H groups in total. The molecule has 0 bridgehead atoms. The number of rotatable bonds is 7. The van der Waals surface area contributed by atoms with Gasteiger partial charge in [0.2, 0.25) is 0 Å². The molecule has 0 aliphatic carbocycles. The largest absolute Gasteiger partial charge is 0.462 e. The summed E-state index contributed by atoms with van der Waals surface area (Å²) in [5.41, 5.74) is 1.24. The first-order chi connectivity index (χ1) is 12.1. The highest BCUT2D eigenvalue weighted by Crippen LogP contribution is 2.30. The average molecular weight is 349 g/mol. The third kappa shape index (κ3) is 4.72. The van der Waals surface area contributed by atoms with Gasteiger partial charge in [-0.3, -0.25) is 0 Å². The average Bonchev–Trinajstić information content (AvgIpc) is 2.62. The molecule has 6 nitrogen and oxygen atoms in total. The van der Waals surface area contributed by atoms with Crippen LogP contribution < -0.4 is 4.90 Å². The van der Waals surface area contributed by atoms with Gasteiger partial charge in [0, 0.05) is 19.7 Å². The number of hydrogen-bond donors (Lipinski definition) is 1. The van der Waals surface area contributed by atoms with E-state index < -0.39 is 11.9 Å². The number of carbonyl (C=O) groups excluding carboxylic acids is 2. The Morgan fingerprint density at radius 1 is 1.12 bits per heavy atom. The maximum atomic E-state index is 12.5. The minimum atomic E-state index is -0.512. The van der Waals surface area contributed by atoms with Crippen LogP contribution in [-0.4, -0.2) is 50.0 Å². The predicted octanol–water partition coefficient (Wildman–Crippen LogP) is 2.64. The van der Waals surface area contributed by atoms with Crippen molar-refractivity contribution >= 4 is 17.6 Å². The minimum Gasteiger partial charge on any atom is -0.462 e. The van der Waals surface area contributed by atoms with Crippen LogP contribution in [0.2, 0.25) is 0 Å². The normalized spacial score (nSPS) is 15.1. The molecule has 0 radical (unpaired) electrons. The van der Waals surface area contributed by atoms with Gasteiger partial charge in [-0.2, -0.15) is 0 Å². The van der Waals surface area contributed by atoms with Crippen molar-refractivity contribution in [3.8, 4) is 0 Å². The zero-order valence-electron chi connectivity index (χ0n) is 15.0. The molecule has 138 valence electrons. The fraction of sp³-hybridized carbons (Fsp3) is 0.579. The van der Waals surface area contributed by atoms with Gasteiger partial charge in [0.15, 0.2) is 0 Å². The third-order valence-corrected chi connectivity index (χ3v) is 4.51. The number of benzene rings is 1. The van der Waals surface area contributed by atoms with E-state index >= 15 is 0 Å². The van der Waals surface area contributed by atoms with Crippen LogP contribution in [-0.2, 0) is 9.47 Å². The first kappa shape index (κ1) is 19.2. The lowest BCUT2D eigenvalue weighted by Gasteiger charge is -2.34. The van der Waals surface area contributed by atoms with Crippen LogP contribution in [0.15, 0.2) is 18.2 Å². The number of aliphatic hydroxyl groups excluding tert-OH is 1. The molecule has 0 saturated carbocycles. The monoisotopic (exact) mass is 349 g/mol. The molecule has 0 spiro atoms. The predicted molar refractivity (Wildman–Crippen MR) is 95.0 cm³/mol. The van der Waals surface area contributed by atoms with Gasteiger partial charge in [0.25, 0.3) is 0 Å². The van der Waals surface area contributed by atoms with Gasteiger partial charge in [0.05, 0.1) is 30.0 Å². The summed E-state index contributed by atoms with van der Waals surface area (Å²) in [5.74, 6) is -0.512. The first-order valence-corrected chi connectivity index (χ1v) is 8.95. The highest BCUT2D eigenvalue weighted by molar-refractivity contribution is 6.07. The van der Waals surface area contributed by atoms with E-state index in [2.05, 4.69) is 4.90 Å². The van der Waals surface area contributed by atoms with Crippen molar-refractivity contribution in [3.05, 3.63) is 29.3 Å². The van der Waals surface area contributed by atoms with Gasteiger partial charge in [-0.1, -0.05) is 6.07 Å². The van der Waals surface area contributed by atoms with Crippen molar-refractivity contribution < 1.29 is 24.2 Å². The number of piperidine rings is 1. The molecule has 1 aromatic carbocycles. The lowest BCUT2D eigenvalue weighted by molar-refractivity contribution is 0.0479. The first-order valence-electron chi connectivity index (χ1n) is 8.95. The van der Waals surface area contributed by atoms with E-state index in [-0.39, 0.29) is 30.9 Å². The number of ether oxygens (including phenoxy) is 2. The molecule has 0 amide bonds. The summed E-state index contributed by atoms with van der Waals surface area (Å²) >= 11 is 0. The van der Waals surface area contributed by atoms with Gasteiger partial charge < -0.3 is 19.5 Å². The highest BCUT2D eigenvalue weighted by Gasteiger charge is 2.27. The van der Waals surface area contributed by atoms with Crippen LogP contribution in [0.5, 0.6) is 0 Å². The SMILES string of the molecule is CCOC(=O)c1cccc(N2CCC(CCO)CC2)c1C(=O)OCC. The Labute approximate surface area is 148 Å². The van der Waals surface area contributed by atoms with Crippen LogP contribution in [0.25, 0.3) is 0 Å². The summed E-state index contributed by atoms with van der Waals surface area (Å²) in [4.78, 5) is 26.9. The van der Waals surface area contributed by atoms with Crippen LogP contribution in [0, 0.1) is 5.92 Å². The molecule has 1 saturated heterocycles. The lowest BCUT2D eigenvalue weighted by Crippen LogP contribution is -2.35. The molecule has 0 atom stereocenters. The molecule has 6 heteroatoms. The van der Waals surface area contributed by atoms with Crippen molar-refractivity contribution in [1.82, 2.24) is 0 Å². The fourth-order valence-corrected chi connectivity index (χ4v) is 3.25. The Hall–Kier alpha value is -2.08. The highest BCUT2D eigenvalue weighted by atomic mass is 16.5. The van der Waals surface area contributed by atoms with E-state index in [1.807, 2.05) is 6.07 Å². The molecular weight excluding hydrogens is 322 g/mol. The van der Waals surface area contributed by atoms with Crippen molar-refractivity contribution in [3.63, 3.8) is 0 Å².